The first-order valence-electron chi connectivity index (χ1n) is 10.2. The molecule has 2 unspecified atom stereocenters. The second-order valence-corrected chi connectivity index (χ2v) is 8.12. The van der Waals surface area contributed by atoms with Gasteiger partial charge in [-0.3, -0.25) is 9.78 Å². The molecule has 0 N–H and O–H groups in total. The Balaban J connectivity index is 1.30. The molecule has 4 heteroatoms. The molecule has 1 aromatic rings. The maximum Gasteiger partial charge on any atom is 0.223 e. The van der Waals surface area contributed by atoms with Crippen LogP contribution in [0.5, 0.6) is 5.75 Å². The van der Waals surface area contributed by atoms with Crippen LogP contribution in [0.3, 0.4) is 0 Å². The molecule has 2 bridgehead atoms. The van der Waals surface area contributed by atoms with Crippen molar-refractivity contribution in [1.82, 2.24) is 9.88 Å². The van der Waals surface area contributed by atoms with Crippen LogP contribution >= 0.6 is 0 Å². The normalized spacial score (nSPS) is 29.6. The molecule has 2 aliphatic heterocycles. The fourth-order valence-electron chi connectivity index (χ4n) is 5.17. The van der Waals surface area contributed by atoms with E-state index in [0.717, 1.165) is 50.2 Å². The highest BCUT2D eigenvalue weighted by Crippen LogP contribution is 2.38. The summed E-state index contributed by atoms with van der Waals surface area (Å²) < 4.78 is 6.14. The van der Waals surface area contributed by atoms with Crippen LogP contribution < -0.4 is 4.74 Å². The monoisotopic (exact) mass is 342 g/mol. The Labute approximate surface area is 151 Å². The molecule has 2 atom stereocenters. The van der Waals surface area contributed by atoms with E-state index in [9.17, 15) is 4.79 Å². The minimum atomic E-state index is 0.238. The van der Waals surface area contributed by atoms with Gasteiger partial charge in [-0.2, -0.15) is 0 Å². The quantitative estimate of drug-likeness (QED) is 0.799. The van der Waals surface area contributed by atoms with Gasteiger partial charge in [0.2, 0.25) is 5.91 Å². The van der Waals surface area contributed by atoms with Gasteiger partial charge in [-0.25, -0.2) is 0 Å². The minimum Gasteiger partial charge on any atom is -0.490 e. The smallest absolute Gasteiger partial charge is 0.223 e. The Morgan fingerprint density at radius 2 is 1.72 bits per heavy atom. The summed E-state index contributed by atoms with van der Waals surface area (Å²) in [6.07, 6.45) is 16.7. The van der Waals surface area contributed by atoms with Crippen molar-refractivity contribution in [3.63, 3.8) is 0 Å². The number of nitrogens with zero attached hydrogens (tertiary/aromatic N) is 2. The van der Waals surface area contributed by atoms with Crippen molar-refractivity contribution in [2.24, 2.45) is 5.92 Å². The molecule has 3 aliphatic rings. The molecular formula is C21H30N2O2. The third-order valence-corrected chi connectivity index (χ3v) is 6.42. The highest BCUT2D eigenvalue weighted by Gasteiger charge is 2.43. The first kappa shape index (κ1) is 16.9. The van der Waals surface area contributed by atoms with Crippen LogP contribution in [0.25, 0.3) is 0 Å². The van der Waals surface area contributed by atoms with E-state index in [2.05, 4.69) is 9.88 Å². The summed E-state index contributed by atoms with van der Waals surface area (Å²) >= 11 is 0. The Morgan fingerprint density at radius 3 is 2.40 bits per heavy atom. The zero-order chi connectivity index (χ0) is 17.1. The molecule has 1 aromatic heterocycles. The average Bonchev–Trinajstić information content (AvgIpc) is 2.92. The molecule has 2 saturated heterocycles. The number of aromatic nitrogens is 1. The number of hydrogen-bond acceptors (Lipinski definition) is 3. The summed E-state index contributed by atoms with van der Waals surface area (Å²) in [5.41, 5.74) is 0. The molecule has 0 radical (unpaired) electrons. The summed E-state index contributed by atoms with van der Waals surface area (Å²) in [6, 6.07) is 4.63. The maximum absolute atomic E-state index is 12.8. The van der Waals surface area contributed by atoms with E-state index >= 15 is 0 Å². The number of ether oxygens (including phenoxy) is 1. The van der Waals surface area contributed by atoms with E-state index < -0.39 is 0 Å². The predicted molar refractivity (Wildman–Crippen MR) is 97.4 cm³/mol. The van der Waals surface area contributed by atoms with Crippen LogP contribution in [-0.2, 0) is 4.79 Å². The number of pyridine rings is 1. The van der Waals surface area contributed by atoms with Gasteiger partial charge in [-0.05, 0) is 37.3 Å². The topological polar surface area (TPSA) is 42.4 Å². The molecule has 25 heavy (non-hydrogen) atoms. The van der Waals surface area contributed by atoms with E-state index in [-0.39, 0.29) is 6.10 Å². The summed E-state index contributed by atoms with van der Waals surface area (Å²) in [6.45, 7) is 0. The van der Waals surface area contributed by atoms with Crippen molar-refractivity contribution in [2.45, 2.75) is 88.8 Å². The molecular weight excluding hydrogens is 312 g/mol. The Morgan fingerprint density at radius 1 is 1.04 bits per heavy atom. The molecule has 0 aromatic carbocycles. The van der Waals surface area contributed by atoms with Gasteiger partial charge in [0.25, 0.3) is 0 Å². The maximum atomic E-state index is 12.8. The molecule has 3 fully saturated rings. The SMILES string of the molecule is O=C(CCC1CCCCC1)N1C2CCC1CC(Oc1ccncc1)C2. The van der Waals surface area contributed by atoms with Crippen molar-refractivity contribution >= 4 is 5.91 Å². The number of rotatable bonds is 5. The summed E-state index contributed by atoms with van der Waals surface area (Å²) in [5.74, 6) is 2.10. The van der Waals surface area contributed by atoms with Gasteiger partial charge >= 0.3 is 0 Å². The lowest BCUT2D eigenvalue weighted by Crippen LogP contribution is -2.49. The number of piperidine rings is 1. The van der Waals surface area contributed by atoms with Crippen molar-refractivity contribution in [3.8, 4) is 5.75 Å². The highest BCUT2D eigenvalue weighted by molar-refractivity contribution is 5.77. The van der Waals surface area contributed by atoms with Crippen molar-refractivity contribution in [1.29, 1.82) is 0 Å². The van der Waals surface area contributed by atoms with E-state index in [4.69, 9.17) is 4.74 Å². The third-order valence-electron chi connectivity index (χ3n) is 6.42. The van der Waals surface area contributed by atoms with Crippen LogP contribution in [0.1, 0.15) is 70.6 Å². The zero-order valence-electron chi connectivity index (χ0n) is 15.1. The van der Waals surface area contributed by atoms with Gasteiger partial charge in [0, 0.05) is 43.7 Å². The van der Waals surface area contributed by atoms with Gasteiger partial charge in [-0.15, -0.1) is 0 Å². The summed E-state index contributed by atoms with van der Waals surface area (Å²) in [4.78, 5) is 19.1. The van der Waals surface area contributed by atoms with Crippen LogP contribution in [0.15, 0.2) is 24.5 Å². The van der Waals surface area contributed by atoms with Crippen LogP contribution in [0.4, 0.5) is 0 Å². The van der Waals surface area contributed by atoms with Gasteiger partial charge in [-0.1, -0.05) is 32.1 Å². The Hall–Kier alpha value is -1.58. The fraction of sp³-hybridized carbons (Fsp3) is 0.714. The first-order chi connectivity index (χ1) is 12.3. The Bertz CT molecular complexity index is 557. The first-order valence-corrected chi connectivity index (χ1v) is 10.2. The predicted octanol–water partition coefficient (Wildman–Crippen LogP) is 4.34. The molecule has 1 amide bonds. The van der Waals surface area contributed by atoms with E-state index in [0.29, 0.717) is 18.0 Å². The second kappa shape index (κ2) is 7.76. The number of hydrogen-bond donors (Lipinski definition) is 0. The number of fused-ring (bicyclic) bond motifs is 2. The van der Waals surface area contributed by atoms with Crippen LogP contribution in [0.2, 0.25) is 0 Å². The number of carbonyl (C=O) groups excluding carboxylic acids is 1. The third kappa shape index (κ3) is 3.99. The fourth-order valence-corrected chi connectivity index (χ4v) is 5.17. The lowest BCUT2D eigenvalue weighted by atomic mass is 9.86. The standard InChI is InChI=1S/C21H30N2O2/c24-21(9-6-16-4-2-1-3-5-16)23-17-7-8-18(23)15-20(14-17)25-19-10-12-22-13-11-19/h10-13,16-18,20H,1-9,14-15H2. The number of amides is 1. The lowest BCUT2D eigenvalue weighted by Gasteiger charge is -2.39. The highest BCUT2D eigenvalue weighted by atomic mass is 16.5. The second-order valence-electron chi connectivity index (χ2n) is 8.12. The van der Waals surface area contributed by atoms with Crippen molar-refractivity contribution < 1.29 is 9.53 Å². The van der Waals surface area contributed by atoms with Gasteiger partial charge in [0.05, 0.1) is 0 Å². The van der Waals surface area contributed by atoms with E-state index in [1.54, 1.807) is 12.4 Å². The largest absolute Gasteiger partial charge is 0.490 e. The molecule has 136 valence electrons. The molecule has 1 saturated carbocycles. The Kier molecular flexibility index (Phi) is 5.23. The van der Waals surface area contributed by atoms with Crippen molar-refractivity contribution in [2.75, 3.05) is 0 Å². The van der Waals surface area contributed by atoms with Gasteiger partial charge in [0.15, 0.2) is 0 Å². The molecule has 4 rings (SSSR count). The van der Waals surface area contributed by atoms with Crippen LogP contribution in [-0.4, -0.2) is 34.0 Å². The lowest BCUT2D eigenvalue weighted by molar-refractivity contribution is -0.137. The molecule has 4 nitrogen and oxygen atoms in total. The minimum absolute atomic E-state index is 0.238. The van der Waals surface area contributed by atoms with E-state index in [1.165, 1.54) is 32.1 Å². The average molecular weight is 342 g/mol. The zero-order valence-corrected chi connectivity index (χ0v) is 15.1. The van der Waals surface area contributed by atoms with Gasteiger partial charge < -0.3 is 9.64 Å². The molecule has 0 spiro atoms. The van der Waals surface area contributed by atoms with Crippen molar-refractivity contribution in [3.05, 3.63) is 24.5 Å². The summed E-state index contributed by atoms with van der Waals surface area (Å²) in [5, 5.41) is 0. The van der Waals surface area contributed by atoms with Crippen LogP contribution in [0, 0.1) is 5.92 Å². The number of carbonyl (C=O) groups is 1. The summed E-state index contributed by atoms with van der Waals surface area (Å²) in [7, 11) is 0. The molecule has 3 heterocycles. The van der Waals surface area contributed by atoms with E-state index in [1.807, 2.05) is 12.1 Å². The molecule has 1 aliphatic carbocycles. The van der Waals surface area contributed by atoms with Gasteiger partial charge in [0.1, 0.15) is 11.9 Å².